The van der Waals surface area contributed by atoms with Gasteiger partial charge in [-0.3, -0.25) is 4.99 Å². The Kier molecular flexibility index (Phi) is 11.7. The number of benzene rings is 1. The zero-order chi connectivity index (χ0) is 17.9. The van der Waals surface area contributed by atoms with E-state index < -0.39 is 0 Å². The molecule has 144 valence electrons. The Hall–Kier alpha value is -1.000. The molecule has 26 heavy (non-hydrogen) atoms. The fourth-order valence-electron chi connectivity index (χ4n) is 2.23. The number of hydrogen-bond acceptors (Lipinski definition) is 5. The van der Waals surface area contributed by atoms with Gasteiger partial charge in [-0.25, -0.2) is 4.98 Å². The van der Waals surface area contributed by atoms with Crippen LogP contribution in [0.2, 0.25) is 0 Å². The van der Waals surface area contributed by atoms with Gasteiger partial charge < -0.3 is 15.4 Å². The number of nitrogens with zero attached hydrogens (tertiary/aromatic N) is 2. The lowest BCUT2D eigenvalue weighted by Gasteiger charge is -2.10. The SMILES string of the molecule is CN=C(NCCCCSC)NCc1csc(-c2ccc(OC)cc2)n1.I. The maximum atomic E-state index is 5.19. The van der Waals surface area contributed by atoms with E-state index in [1.807, 2.05) is 36.0 Å². The zero-order valence-corrected chi connectivity index (χ0v) is 19.4. The molecule has 2 rings (SSSR count). The number of thioether (sulfide) groups is 1. The van der Waals surface area contributed by atoms with E-state index in [1.165, 1.54) is 12.2 Å². The van der Waals surface area contributed by atoms with Gasteiger partial charge in [0.15, 0.2) is 5.96 Å². The van der Waals surface area contributed by atoms with Crippen molar-refractivity contribution in [3.63, 3.8) is 0 Å². The van der Waals surface area contributed by atoms with Crippen LogP contribution in [-0.2, 0) is 6.54 Å². The number of methoxy groups -OCH3 is 1. The van der Waals surface area contributed by atoms with Crippen LogP contribution in [0.15, 0.2) is 34.6 Å². The summed E-state index contributed by atoms with van der Waals surface area (Å²) in [5, 5.41) is 9.75. The standard InChI is InChI=1S/C18H26N4OS2.HI/c1-19-18(20-10-4-5-11-24-3)21-12-15-13-25-17(22-15)14-6-8-16(23-2)9-7-14;/h6-9,13H,4-5,10-12H2,1-3H3,(H2,19,20,21);1H. The summed E-state index contributed by atoms with van der Waals surface area (Å²) in [5.41, 5.74) is 2.12. The molecule has 0 bridgehead atoms. The van der Waals surface area contributed by atoms with E-state index in [0.717, 1.165) is 40.9 Å². The molecule has 0 saturated carbocycles. The quantitative estimate of drug-likeness (QED) is 0.231. The topological polar surface area (TPSA) is 58.5 Å². The van der Waals surface area contributed by atoms with Crippen molar-refractivity contribution in [2.24, 2.45) is 4.99 Å². The molecule has 1 heterocycles. The molecule has 0 unspecified atom stereocenters. The summed E-state index contributed by atoms with van der Waals surface area (Å²) in [6, 6.07) is 7.98. The summed E-state index contributed by atoms with van der Waals surface area (Å²) in [5.74, 6) is 2.89. The third-order valence-electron chi connectivity index (χ3n) is 3.62. The Balaban J connectivity index is 0.00000338. The van der Waals surface area contributed by atoms with Crippen molar-refractivity contribution in [1.82, 2.24) is 15.6 Å². The van der Waals surface area contributed by atoms with Gasteiger partial charge in [0.05, 0.1) is 19.3 Å². The number of nitrogens with one attached hydrogen (secondary N) is 2. The molecular formula is C18H27IN4OS2. The van der Waals surface area contributed by atoms with E-state index in [0.29, 0.717) is 6.54 Å². The van der Waals surface area contributed by atoms with Crippen LogP contribution >= 0.6 is 47.1 Å². The lowest BCUT2D eigenvalue weighted by Crippen LogP contribution is -2.37. The van der Waals surface area contributed by atoms with Crippen LogP contribution in [0.4, 0.5) is 0 Å². The minimum absolute atomic E-state index is 0. The first-order chi connectivity index (χ1) is 12.3. The largest absolute Gasteiger partial charge is 0.497 e. The van der Waals surface area contributed by atoms with Gasteiger partial charge in [0.25, 0.3) is 0 Å². The molecule has 2 N–H and O–H groups in total. The average Bonchev–Trinajstić information content (AvgIpc) is 3.13. The molecule has 5 nitrogen and oxygen atoms in total. The lowest BCUT2D eigenvalue weighted by molar-refractivity contribution is 0.415. The highest BCUT2D eigenvalue weighted by molar-refractivity contribution is 14.0. The second kappa shape index (κ2) is 13.2. The third kappa shape index (κ3) is 7.71. The fourth-order valence-corrected chi connectivity index (χ4v) is 3.55. The summed E-state index contributed by atoms with van der Waals surface area (Å²) in [4.78, 5) is 8.95. The number of rotatable bonds is 9. The highest BCUT2D eigenvalue weighted by atomic mass is 127. The number of unbranched alkanes of at least 4 members (excludes halogenated alkanes) is 1. The normalized spacial score (nSPS) is 11.0. The monoisotopic (exact) mass is 506 g/mol. The summed E-state index contributed by atoms with van der Waals surface area (Å²) < 4.78 is 5.19. The van der Waals surface area contributed by atoms with E-state index in [4.69, 9.17) is 9.72 Å². The molecule has 0 aliphatic rings. The Bertz CT molecular complexity index is 661. The molecule has 2 aromatic rings. The molecule has 8 heteroatoms. The number of aromatic nitrogens is 1. The van der Waals surface area contributed by atoms with Gasteiger partial charge in [-0.15, -0.1) is 35.3 Å². The average molecular weight is 506 g/mol. The van der Waals surface area contributed by atoms with Crippen molar-refractivity contribution in [3.8, 4) is 16.3 Å². The molecular weight excluding hydrogens is 479 g/mol. The van der Waals surface area contributed by atoms with Crippen molar-refractivity contribution in [2.45, 2.75) is 19.4 Å². The van der Waals surface area contributed by atoms with Crippen molar-refractivity contribution in [1.29, 1.82) is 0 Å². The highest BCUT2D eigenvalue weighted by Crippen LogP contribution is 2.25. The van der Waals surface area contributed by atoms with Crippen LogP contribution < -0.4 is 15.4 Å². The summed E-state index contributed by atoms with van der Waals surface area (Å²) in [7, 11) is 3.47. The van der Waals surface area contributed by atoms with E-state index in [1.54, 1.807) is 25.5 Å². The minimum atomic E-state index is 0. The van der Waals surface area contributed by atoms with Crippen molar-refractivity contribution in [2.75, 3.05) is 32.7 Å². The van der Waals surface area contributed by atoms with Crippen molar-refractivity contribution >= 4 is 53.0 Å². The molecule has 0 radical (unpaired) electrons. The Morgan fingerprint density at radius 1 is 1.23 bits per heavy atom. The number of aliphatic imine (C=N–C) groups is 1. The molecule has 1 aromatic heterocycles. The number of halogens is 1. The van der Waals surface area contributed by atoms with E-state index in [9.17, 15) is 0 Å². The predicted octanol–water partition coefficient (Wildman–Crippen LogP) is 4.24. The number of thiazole rings is 1. The molecule has 0 aliphatic heterocycles. The van der Waals surface area contributed by atoms with Crippen LogP contribution in [0.25, 0.3) is 10.6 Å². The van der Waals surface area contributed by atoms with Crippen molar-refractivity contribution in [3.05, 3.63) is 35.3 Å². The summed E-state index contributed by atoms with van der Waals surface area (Å²) in [6.45, 7) is 1.60. The maximum absolute atomic E-state index is 5.19. The molecule has 0 atom stereocenters. The highest BCUT2D eigenvalue weighted by Gasteiger charge is 2.06. The third-order valence-corrected chi connectivity index (χ3v) is 5.25. The van der Waals surface area contributed by atoms with Gasteiger partial charge >= 0.3 is 0 Å². The van der Waals surface area contributed by atoms with Gasteiger partial charge in [-0.1, -0.05) is 0 Å². The van der Waals surface area contributed by atoms with E-state index >= 15 is 0 Å². The maximum Gasteiger partial charge on any atom is 0.191 e. The van der Waals surface area contributed by atoms with E-state index in [2.05, 4.69) is 27.3 Å². The molecule has 1 aromatic carbocycles. The van der Waals surface area contributed by atoms with Gasteiger partial charge in [-0.2, -0.15) is 11.8 Å². The molecule has 0 fully saturated rings. The fraction of sp³-hybridized carbons (Fsp3) is 0.444. The van der Waals surface area contributed by atoms with Crippen molar-refractivity contribution < 1.29 is 4.74 Å². The predicted molar refractivity (Wildman–Crippen MR) is 125 cm³/mol. The number of hydrogen-bond donors (Lipinski definition) is 2. The van der Waals surface area contributed by atoms with Gasteiger partial charge in [-0.05, 0) is 49.1 Å². The lowest BCUT2D eigenvalue weighted by atomic mass is 10.2. The van der Waals surface area contributed by atoms with Crippen LogP contribution in [0, 0.1) is 0 Å². The molecule has 0 aliphatic carbocycles. The first kappa shape index (κ1) is 23.0. The van der Waals surface area contributed by atoms with Gasteiger partial charge in [0.1, 0.15) is 10.8 Å². The molecule has 0 amide bonds. The zero-order valence-electron chi connectivity index (χ0n) is 15.4. The van der Waals surface area contributed by atoms with E-state index in [-0.39, 0.29) is 24.0 Å². The van der Waals surface area contributed by atoms with Crippen LogP contribution in [-0.4, -0.2) is 43.7 Å². The Labute approximate surface area is 181 Å². The smallest absolute Gasteiger partial charge is 0.191 e. The van der Waals surface area contributed by atoms with Crippen LogP contribution in [0.5, 0.6) is 5.75 Å². The summed E-state index contributed by atoms with van der Waals surface area (Å²) >= 11 is 3.54. The molecule has 0 spiro atoms. The van der Waals surface area contributed by atoms with Crippen LogP contribution in [0.1, 0.15) is 18.5 Å². The first-order valence-corrected chi connectivity index (χ1v) is 10.6. The second-order valence-corrected chi connectivity index (χ2v) is 7.27. The Morgan fingerprint density at radius 2 is 2.00 bits per heavy atom. The Morgan fingerprint density at radius 3 is 2.65 bits per heavy atom. The first-order valence-electron chi connectivity index (χ1n) is 8.29. The van der Waals surface area contributed by atoms with Crippen LogP contribution in [0.3, 0.4) is 0 Å². The van der Waals surface area contributed by atoms with Gasteiger partial charge in [0, 0.05) is 24.5 Å². The molecule has 0 saturated heterocycles. The van der Waals surface area contributed by atoms with Gasteiger partial charge in [0.2, 0.25) is 0 Å². The number of guanidine groups is 1. The number of ether oxygens (including phenoxy) is 1. The second-order valence-electron chi connectivity index (χ2n) is 5.42. The summed E-state index contributed by atoms with van der Waals surface area (Å²) in [6.07, 6.45) is 4.52. The minimum Gasteiger partial charge on any atom is -0.497 e.